The highest BCUT2D eigenvalue weighted by Gasteiger charge is 2.24. The molecule has 0 bridgehead atoms. The summed E-state index contributed by atoms with van der Waals surface area (Å²) in [4.78, 5) is 1.38. The zero-order valence-corrected chi connectivity index (χ0v) is 12.7. The Hall–Kier alpha value is 0.01000. The van der Waals surface area contributed by atoms with Gasteiger partial charge in [-0.15, -0.1) is 11.8 Å². The molecule has 1 saturated carbocycles. The standard InChI is InChI=1S/C14H20BrNS/c1-16-14-4-2-3-11(14)9-10-17-13-7-5-12(15)6-8-13/h5-8,11,14,16H,2-4,9-10H2,1H3. The third-order valence-corrected chi connectivity index (χ3v) is 5.17. The molecule has 1 aliphatic rings. The summed E-state index contributed by atoms with van der Waals surface area (Å²) in [5.41, 5.74) is 0. The molecule has 2 rings (SSSR count). The highest BCUT2D eigenvalue weighted by molar-refractivity contribution is 9.10. The van der Waals surface area contributed by atoms with Crippen LogP contribution in [0.15, 0.2) is 33.6 Å². The van der Waals surface area contributed by atoms with Crippen LogP contribution in [0.1, 0.15) is 25.7 Å². The van der Waals surface area contributed by atoms with E-state index in [0.717, 1.165) is 16.4 Å². The molecule has 0 spiro atoms. The van der Waals surface area contributed by atoms with Gasteiger partial charge < -0.3 is 5.32 Å². The average Bonchev–Trinajstić information content (AvgIpc) is 2.79. The summed E-state index contributed by atoms with van der Waals surface area (Å²) < 4.78 is 1.16. The van der Waals surface area contributed by atoms with Crippen LogP contribution in [0.4, 0.5) is 0 Å². The normalized spacial score (nSPS) is 24.1. The molecule has 2 atom stereocenters. The molecule has 0 aromatic heterocycles. The van der Waals surface area contributed by atoms with Crippen LogP contribution in [0.5, 0.6) is 0 Å². The van der Waals surface area contributed by atoms with E-state index in [2.05, 4.69) is 52.6 Å². The van der Waals surface area contributed by atoms with Crippen LogP contribution in [-0.2, 0) is 0 Å². The molecule has 0 aliphatic heterocycles. The van der Waals surface area contributed by atoms with Crippen molar-refractivity contribution in [3.05, 3.63) is 28.7 Å². The minimum absolute atomic E-state index is 0.764. The summed E-state index contributed by atoms with van der Waals surface area (Å²) in [6, 6.07) is 9.39. The molecule has 0 amide bonds. The Labute approximate surface area is 117 Å². The SMILES string of the molecule is CNC1CCCC1CCSc1ccc(Br)cc1. The van der Waals surface area contributed by atoms with Crippen molar-refractivity contribution in [1.82, 2.24) is 5.32 Å². The average molecular weight is 314 g/mol. The lowest BCUT2D eigenvalue weighted by molar-refractivity contribution is 0.417. The van der Waals surface area contributed by atoms with Crippen molar-refractivity contribution in [1.29, 1.82) is 0 Å². The highest BCUT2D eigenvalue weighted by atomic mass is 79.9. The Balaban J connectivity index is 1.74. The first kappa shape index (κ1) is 13.4. The molecule has 1 aliphatic carbocycles. The maximum Gasteiger partial charge on any atom is 0.0176 e. The van der Waals surface area contributed by atoms with Gasteiger partial charge in [-0.2, -0.15) is 0 Å². The molecule has 0 heterocycles. The van der Waals surface area contributed by atoms with Crippen LogP contribution in [0.3, 0.4) is 0 Å². The van der Waals surface area contributed by atoms with Crippen LogP contribution >= 0.6 is 27.7 Å². The number of hydrogen-bond acceptors (Lipinski definition) is 2. The Morgan fingerprint density at radius 1 is 1.29 bits per heavy atom. The van der Waals surface area contributed by atoms with E-state index in [4.69, 9.17) is 0 Å². The van der Waals surface area contributed by atoms with Crippen molar-refractivity contribution in [2.45, 2.75) is 36.6 Å². The molecule has 0 saturated heterocycles. The van der Waals surface area contributed by atoms with Crippen molar-refractivity contribution in [2.75, 3.05) is 12.8 Å². The van der Waals surface area contributed by atoms with Crippen molar-refractivity contribution < 1.29 is 0 Å². The molecule has 2 unspecified atom stereocenters. The fourth-order valence-corrected chi connectivity index (χ4v) is 3.87. The maximum atomic E-state index is 3.47. The van der Waals surface area contributed by atoms with Gasteiger partial charge in [-0.25, -0.2) is 0 Å². The van der Waals surface area contributed by atoms with E-state index in [9.17, 15) is 0 Å². The van der Waals surface area contributed by atoms with Gasteiger partial charge in [-0.1, -0.05) is 22.4 Å². The summed E-state index contributed by atoms with van der Waals surface area (Å²) in [6.07, 6.45) is 5.52. The van der Waals surface area contributed by atoms with E-state index in [1.165, 1.54) is 36.3 Å². The first-order valence-electron chi connectivity index (χ1n) is 6.35. The topological polar surface area (TPSA) is 12.0 Å². The summed E-state index contributed by atoms with van der Waals surface area (Å²) in [7, 11) is 2.10. The fraction of sp³-hybridized carbons (Fsp3) is 0.571. The second kappa shape index (κ2) is 6.81. The number of rotatable bonds is 5. The Morgan fingerprint density at radius 3 is 2.76 bits per heavy atom. The van der Waals surface area contributed by atoms with Gasteiger partial charge in [0.25, 0.3) is 0 Å². The van der Waals surface area contributed by atoms with Crippen LogP contribution in [-0.4, -0.2) is 18.8 Å². The first-order chi connectivity index (χ1) is 8.29. The maximum absolute atomic E-state index is 3.47. The number of thioether (sulfide) groups is 1. The van der Waals surface area contributed by atoms with Crippen LogP contribution in [0.25, 0.3) is 0 Å². The predicted octanol–water partition coefficient (Wildman–Crippen LogP) is 4.32. The van der Waals surface area contributed by atoms with Gasteiger partial charge in [0.1, 0.15) is 0 Å². The number of nitrogens with one attached hydrogen (secondary N) is 1. The summed E-state index contributed by atoms with van der Waals surface area (Å²) in [6.45, 7) is 0. The number of benzene rings is 1. The lowest BCUT2D eigenvalue weighted by atomic mass is 10.0. The van der Waals surface area contributed by atoms with Crippen LogP contribution in [0, 0.1) is 5.92 Å². The zero-order chi connectivity index (χ0) is 12.1. The molecule has 94 valence electrons. The lowest BCUT2D eigenvalue weighted by Crippen LogP contribution is -2.29. The van der Waals surface area contributed by atoms with E-state index >= 15 is 0 Å². The molecule has 0 radical (unpaired) electrons. The van der Waals surface area contributed by atoms with Gasteiger partial charge in [-0.05, 0) is 62.2 Å². The molecule has 3 heteroatoms. The van der Waals surface area contributed by atoms with E-state index in [0.29, 0.717) is 0 Å². The largest absolute Gasteiger partial charge is 0.317 e. The second-order valence-electron chi connectivity index (χ2n) is 4.68. The highest BCUT2D eigenvalue weighted by Crippen LogP contribution is 2.31. The Morgan fingerprint density at radius 2 is 2.06 bits per heavy atom. The Bertz CT molecular complexity index is 339. The fourth-order valence-electron chi connectivity index (χ4n) is 2.62. The minimum atomic E-state index is 0.764. The summed E-state index contributed by atoms with van der Waals surface area (Å²) in [5, 5.41) is 3.45. The summed E-state index contributed by atoms with van der Waals surface area (Å²) in [5.74, 6) is 2.13. The van der Waals surface area contributed by atoms with Gasteiger partial charge in [-0.3, -0.25) is 0 Å². The van der Waals surface area contributed by atoms with Gasteiger partial charge in [0, 0.05) is 15.4 Å². The van der Waals surface area contributed by atoms with Crippen LogP contribution < -0.4 is 5.32 Å². The third kappa shape index (κ3) is 4.01. The molecule has 1 aromatic carbocycles. The van der Waals surface area contributed by atoms with E-state index in [1.54, 1.807) is 0 Å². The minimum Gasteiger partial charge on any atom is -0.317 e. The lowest BCUT2D eigenvalue weighted by Gasteiger charge is -2.18. The van der Waals surface area contributed by atoms with Crippen LogP contribution in [0.2, 0.25) is 0 Å². The quantitative estimate of drug-likeness (QED) is 0.812. The molecule has 17 heavy (non-hydrogen) atoms. The molecule has 1 aromatic rings. The van der Waals surface area contributed by atoms with E-state index < -0.39 is 0 Å². The zero-order valence-electron chi connectivity index (χ0n) is 10.3. The Kier molecular flexibility index (Phi) is 5.39. The van der Waals surface area contributed by atoms with Crippen molar-refractivity contribution in [3.8, 4) is 0 Å². The van der Waals surface area contributed by atoms with Gasteiger partial charge in [0.2, 0.25) is 0 Å². The smallest absolute Gasteiger partial charge is 0.0176 e. The van der Waals surface area contributed by atoms with E-state index in [1.807, 2.05) is 11.8 Å². The molecule has 1 N–H and O–H groups in total. The molecular weight excluding hydrogens is 294 g/mol. The van der Waals surface area contributed by atoms with Crippen molar-refractivity contribution in [3.63, 3.8) is 0 Å². The first-order valence-corrected chi connectivity index (χ1v) is 8.13. The van der Waals surface area contributed by atoms with Gasteiger partial charge in [0.05, 0.1) is 0 Å². The third-order valence-electron chi connectivity index (χ3n) is 3.60. The molecule has 1 nitrogen and oxygen atoms in total. The summed E-state index contributed by atoms with van der Waals surface area (Å²) >= 11 is 5.45. The number of hydrogen-bond donors (Lipinski definition) is 1. The predicted molar refractivity (Wildman–Crippen MR) is 79.7 cm³/mol. The number of halogens is 1. The molecular formula is C14H20BrNS. The van der Waals surface area contributed by atoms with Gasteiger partial charge >= 0.3 is 0 Å². The van der Waals surface area contributed by atoms with E-state index in [-0.39, 0.29) is 0 Å². The molecule has 1 fully saturated rings. The van der Waals surface area contributed by atoms with Crippen molar-refractivity contribution >= 4 is 27.7 Å². The van der Waals surface area contributed by atoms with Crippen molar-refractivity contribution in [2.24, 2.45) is 5.92 Å². The van der Waals surface area contributed by atoms with Gasteiger partial charge in [0.15, 0.2) is 0 Å². The second-order valence-corrected chi connectivity index (χ2v) is 6.76. The monoisotopic (exact) mass is 313 g/mol.